The highest BCUT2D eigenvalue weighted by atomic mass is 35.5. The second-order valence-corrected chi connectivity index (χ2v) is 9.25. The van der Waals surface area contributed by atoms with E-state index in [0.717, 1.165) is 20.6 Å². The maximum absolute atomic E-state index is 12.8. The van der Waals surface area contributed by atoms with Crippen LogP contribution in [0.5, 0.6) is 0 Å². The third-order valence-corrected chi connectivity index (χ3v) is 6.74. The summed E-state index contributed by atoms with van der Waals surface area (Å²) in [5.41, 5.74) is 1.09. The number of amides is 1. The van der Waals surface area contributed by atoms with Crippen LogP contribution in [0.3, 0.4) is 0 Å². The molecule has 0 bridgehead atoms. The molecule has 28 heavy (non-hydrogen) atoms. The number of benzene rings is 3. The van der Waals surface area contributed by atoms with E-state index in [4.69, 9.17) is 11.6 Å². The molecule has 1 N–H and O–H groups in total. The molecule has 3 rings (SSSR count). The minimum absolute atomic E-state index is 0.0184. The summed E-state index contributed by atoms with van der Waals surface area (Å²) in [5, 5.41) is 5.25. The molecule has 0 aliphatic rings. The van der Waals surface area contributed by atoms with Gasteiger partial charge in [-0.2, -0.15) is 0 Å². The van der Waals surface area contributed by atoms with Crippen LogP contribution in [0.1, 0.15) is 28.9 Å². The highest BCUT2D eigenvalue weighted by Crippen LogP contribution is 2.26. The molecule has 0 saturated heterocycles. The van der Waals surface area contributed by atoms with Crippen LogP contribution in [-0.2, 0) is 10.0 Å². The largest absolute Gasteiger partial charge is 0.345 e. The molecule has 0 saturated carbocycles. The molecule has 7 heteroatoms. The van der Waals surface area contributed by atoms with Gasteiger partial charge in [-0.3, -0.25) is 4.79 Å². The van der Waals surface area contributed by atoms with Crippen molar-refractivity contribution in [1.29, 1.82) is 0 Å². The average Bonchev–Trinajstić information content (AvgIpc) is 2.67. The Hall–Kier alpha value is -2.41. The lowest BCUT2D eigenvalue weighted by Gasteiger charge is -2.18. The first-order valence-electron chi connectivity index (χ1n) is 8.72. The number of carbonyl (C=O) groups excluding carboxylic acids is 1. The molecule has 1 atom stereocenters. The molecule has 3 aromatic carbocycles. The summed E-state index contributed by atoms with van der Waals surface area (Å²) in [6.45, 7) is 1.88. The van der Waals surface area contributed by atoms with Crippen molar-refractivity contribution in [2.45, 2.75) is 17.9 Å². The lowest BCUT2D eigenvalue weighted by atomic mass is 9.99. The minimum Gasteiger partial charge on any atom is -0.345 e. The molecule has 0 aromatic heterocycles. The van der Waals surface area contributed by atoms with Gasteiger partial charge in [-0.05, 0) is 41.5 Å². The summed E-state index contributed by atoms with van der Waals surface area (Å²) in [5.74, 6) is -0.429. The Morgan fingerprint density at radius 1 is 1.04 bits per heavy atom. The van der Waals surface area contributed by atoms with Gasteiger partial charge in [0.2, 0.25) is 10.0 Å². The van der Waals surface area contributed by atoms with Crippen molar-refractivity contribution in [3.8, 4) is 0 Å². The standard InChI is InChI=1S/C21H21ClN2O3S/c1-14(17-10-6-8-15-7-4-5-9-18(15)17)23-21(25)19-13-16(11-12-20(19)22)28(26,27)24(2)3/h4-14H,1-3H3,(H,23,25). The molecule has 3 aromatic rings. The van der Waals surface area contributed by atoms with Crippen LogP contribution in [0.4, 0.5) is 0 Å². The molecular weight excluding hydrogens is 396 g/mol. The molecule has 1 amide bonds. The van der Waals surface area contributed by atoms with Crippen molar-refractivity contribution in [2.24, 2.45) is 0 Å². The maximum atomic E-state index is 12.8. The number of rotatable bonds is 5. The van der Waals surface area contributed by atoms with Crippen LogP contribution in [0.15, 0.2) is 65.6 Å². The van der Waals surface area contributed by atoms with E-state index >= 15 is 0 Å². The summed E-state index contributed by atoms with van der Waals surface area (Å²) in [4.78, 5) is 12.8. The highest BCUT2D eigenvalue weighted by molar-refractivity contribution is 7.89. The van der Waals surface area contributed by atoms with Gasteiger partial charge in [-0.25, -0.2) is 12.7 Å². The fourth-order valence-corrected chi connectivity index (χ4v) is 4.16. The third kappa shape index (κ3) is 3.90. The van der Waals surface area contributed by atoms with E-state index in [9.17, 15) is 13.2 Å². The van der Waals surface area contributed by atoms with E-state index in [2.05, 4.69) is 5.32 Å². The number of hydrogen-bond acceptors (Lipinski definition) is 3. The van der Waals surface area contributed by atoms with Crippen LogP contribution < -0.4 is 5.32 Å². The monoisotopic (exact) mass is 416 g/mol. The van der Waals surface area contributed by atoms with Crippen molar-refractivity contribution in [2.75, 3.05) is 14.1 Å². The normalized spacial score (nSPS) is 12.9. The fourth-order valence-electron chi connectivity index (χ4n) is 3.03. The Morgan fingerprint density at radius 2 is 1.71 bits per heavy atom. The zero-order valence-corrected chi connectivity index (χ0v) is 17.4. The average molecular weight is 417 g/mol. The first kappa shape index (κ1) is 20.3. The minimum atomic E-state index is -3.66. The Morgan fingerprint density at radius 3 is 2.43 bits per heavy atom. The summed E-state index contributed by atoms with van der Waals surface area (Å²) in [6, 6.07) is 17.7. The lowest BCUT2D eigenvalue weighted by molar-refractivity contribution is 0.0940. The van der Waals surface area contributed by atoms with Crippen molar-refractivity contribution < 1.29 is 13.2 Å². The molecule has 1 unspecified atom stereocenters. The van der Waals surface area contributed by atoms with Crippen molar-refractivity contribution in [1.82, 2.24) is 9.62 Å². The number of sulfonamides is 1. The van der Waals surface area contributed by atoms with Crippen LogP contribution in [-0.4, -0.2) is 32.7 Å². The van der Waals surface area contributed by atoms with Crippen molar-refractivity contribution in [3.63, 3.8) is 0 Å². The number of nitrogens with zero attached hydrogens (tertiary/aromatic N) is 1. The van der Waals surface area contributed by atoms with E-state index in [-0.39, 0.29) is 21.5 Å². The second-order valence-electron chi connectivity index (χ2n) is 6.69. The number of halogens is 1. The molecule has 5 nitrogen and oxygen atoms in total. The molecule has 0 spiro atoms. The predicted molar refractivity (Wildman–Crippen MR) is 112 cm³/mol. The fraction of sp³-hybridized carbons (Fsp3) is 0.190. The molecule has 0 heterocycles. The number of hydrogen-bond donors (Lipinski definition) is 1. The van der Waals surface area contributed by atoms with E-state index < -0.39 is 15.9 Å². The van der Waals surface area contributed by atoms with Gasteiger partial charge in [-0.15, -0.1) is 0 Å². The van der Waals surface area contributed by atoms with Gasteiger partial charge in [0.15, 0.2) is 0 Å². The Kier molecular flexibility index (Phi) is 5.74. The molecule has 0 fully saturated rings. The topological polar surface area (TPSA) is 66.5 Å². The zero-order valence-electron chi connectivity index (χ0n) is 15.8. The zero-order chi connectivity index (χ0) is 20.5. The quantitative estimate of drug-likeness (QED) is 0.676. The molecule has 0 aliphatic heterocycles. The summed E-state index contributed by atoms with van der Waals surface area (Å²) < 4.78 is 25.8. The predicted octanol–water partition coefficient (Wildman–Crippen LogP) is 4.23. The van der Waals surface area contributed by atoms with Crippen LogP contribution in [0.25, 0.3) is 10.8 Å². The summed E-state index contributed by atoms with van der Waals surface area (Å²) in [6.07, 6.45) is 0. The van der Waals surface area contributed by atoms with Gasteiger partial charge >= 0.3 is 0 Å². The third-order valence-electron chi connectivity index (χ3n) is 4.60. The number of carbonyl (C=O) groups is 1. The Balaban J connectivity index is 1.93. The van der Waals surface area contributed by atoms with Gasteiger partial charge in [0.1, 0.15) is 0 Å². The van der Waals surface area contributed by atoms with Crippen molar-refractivity contribution >= 4 is 38.3 Å². The summed E-state index contributed by atoms with van der Waals surface area (Å²) >= 11 is 6.18. The van der Waals surface area contributed by atoms with Gasteiger partial charge in [0.05, 0.1) is 21.5 Å². The van der Waals surface area contributed by atoms with Crippen LogP contribution in [0.2, 0.25) is 5.02 Å². The van der Waals surface area contributed by atoms with Crippen molar-refractivity contribution in [3.05, 3.63) is 76.8 Å². The number of fused-ring (bicyclic) bond motifs is 1. The first-order chi connectivity index (χ1) is 13.2. The molecule has 0 radical (unpaired) electrons. The molecule has 0 aliphatic carbocycles. The highest BCUT2D eigenvalue weighted by Gasteiger charge is 2.22. The number of nitrogens with one attached hydrogen (secondary N) is 1. The summed E-state index contributed by atoms with van der Waals surface area (Å²) in [7, 11) is -0.791. The lowest BCUT2D eigenvalue weighted by Crippen LogP contribution is -2.28. The first-order valence-corrected chi connectivity index (χ1v) is 10.5. The molecular formula is C21H21ClN2O3S. The smallest absolute Gasteiger partial charge is 0.253 e. The van der Waals surface area contributed by atoms with E-state index in [1.165, 1.54) is 32.3 Å². The Labute approximate surface area is 170 Å². The van der Waals surface area contributed by atoms with Gasteiger partial charge in [0.25, 0.3) is 5.91 Å². The van der Waals surface area contributed by atoms with E-state index in [1.54, 1.807) is 0 Å². The van der Waals surface area contributed by atoms with Crippen LogP contribution in [0, 0.1) is 0 Å². The SMILES string of the molecule is CC(NC(=O)c1cc(S(=O)(=O)N(C)C)ccc1Cl)c1cccc2ccccc12. The Bertz CT molecular complexity index is 1140. The second kappa shape index (κ2) is 7.91. The van der Waals surface area contributed by atoms with E-state index in [1.807, 2.05) is 49.4 Å². The maximum Gasteiger partial charge on any atom is 0.253 e. The van der Waals surface area contributed by atoms with Gasteiger partial charge < -0.3 is 5.32 Å². The van der Waals surface area contributed by atoms with Crippen LogP contribution >= 0.6 is 11.6 Å². The van der Waals surface area contributed by atoms with Gasteiger partial charge in [0, 0.05) is 14.1 Å². The molecule has 146 valence electrons. The van der Waals surface area contributed by atoms with Gasteiger partial charge in [-0.1, -0.05) is 54.1 Å². The van der Waals surface area contributed by atoms with E-state index in [0.29, 0.717) is 0 Å².